The second-order valence-electron chi connectivity index (χ2n) is 52.2. The molecule has 30 fully saturated rings. The summed E-state index contributed by atoms with van der Waals surface area (Å²) in [4.78, 5) is 115. The molecule has 27 heteroatoms. The predicted molar refractivity (Wildman–Crippen MR) is 533 cm³/mol. The maximum absolute atomic E-state index is 11.9. The van der Waals surface area contributed by atoms with Gasteiger partial charge in [0, 0.05) is 75.7 Å². The van der Waals surface area contributed by atoms with Crippen LogP contribution < -0.4 is 0 Å². The van der Waals surface area contributed by atoms with Gasteiger partial charge in [-0.3, -0.25) is 0 Å². The molecule has 0 saturated heterocycles. The molecule has 30 aliphatic rings. The van der Waals surface area contributed by atoms with Crippen molar-refractivity contribution in [3.63, 3.8) is 0 Å². The van der Waals surface area contributed by atoms with E-state index in [1.807, 2.05) is 0 Å². The molecular weight excluding hydrogens is 1840 g/mol. The van der Waals surface area contributed by atoms with Crippen LogP contribution in [0.2, 0.25) is 0 Å². The maximum Gasteiger partial charge on any atom is 0.344 e. The fraction of sp³-hybridized carbons (Fsp3) is 0.778. The minimum atomic E-state index is -0.765. The number of esters is 10. The lowest BCUT2D eigenvalue weighted by Crippen LogP contribution is -2.61. The number of ether oxygens (including phenoxy) is 11. The van der Waals surface area contributed by atoms with E-state index >= 15 is 0 Å². The van der Waals surface area contributed by atoms with Gasteiger partial charge < -0.3 is 82.7 Å². The molecule has 0 aromatic carbocycles. The molecule has 0 spiro atoms. The highest BCUT2D eigenvalue weighted by Gasteiger charge is 2.66. The molecular formula is C117H168O27. The summed E-state index contributed by atoms with van der Waals surface area (Å²) in [7, 11) is 0. The topological polar surface area (TPSA) is 394 Å². The van der Waals surface area contributed by atoms with Crippen molar-refractivity contribution < 1.29 is 131 Å². The smallest absolute Gasteiger partial charge is 0.344 e. The summed E-state index contributed by atoms with van der Waals surface area (Å²) < 4.78 is 59.4. The van der Waals surface area contributed by atoms with Gasteiger partial charge in [0.05, 0.1) is 61.0 Å². The Morgan fingerprint density at radius 2 is 0.611 bits per heavy atom. The van der Waals surface area contributed by atoms with Crippen LogP contribution in [-0.4, -0.2) is 199 Å². The average Bonchev–Trinajstić information content (AvgIpc) is 0.770. The van der Waals surface area contributed by atoms with Crippen molar-refractivity contribution in [3.8, 4) is 0 Å². The molecule has 30 rings (SSSR count). The third kappa shape index (κ3) is 25.8. The molecule has 798 valence electrons. The number of hydrogen-bond acceptors (Lipinski definition) is 27. The molecule has 144 heavy (non-hydrogen) atoms. The fourth-order valence-corrected chi connectivity index (χ4v) is 36.0. The third-order valence-corrected chi connectivity index (χ3v) is 38.4. The van der Waals surface area contributed by atoms with Gasteiger partial charge in [0.2, 0.25) is 0 Å². The zero-order valence-corrected chi connectivity index (χ0v) is 87.1. The van der Waals surface area contributed by atoms with E-state index in [4.69, 9.17) is 52.5 Å². The first-order valence-electron chi connectivity index (χ1n) is 54.8. The minimum Gasteiger partial charge on any atom is -0.463 e. The number of carbonyl (C=O) groups excluding carboxylic acids is 10. The number of aliphatic hydroxyl groups is 6. The number of fused-ring (bicyclic) bond motifs is 2. The molecule has 0 aromatic heterocycles. The van der Waals surface area contributed by atoms with Crippen molar-refractivity contribution in [2.24, 2.45) is 129 Å². The number of aliphatic hydroxyl groups excluding tert-OH is 1. The SMILES string of the molecule is C=C(C)C(=O)OC12CC3CC(CC(C3)C1)C2.C=C(C)C(=O)OC12CC3CC(CC(O)(C3)C1)C2.C=C(C)C(=O)OC12CC3CC(CC(OCCO)(C3)C1)C2.C=C(C)C(=O)OCC(=O)OCC12CC3CC(CC(O)(C3)C1)C2.C=C(C)C(=O)OCC1(O)C2CC3CC(C2)CC1C3.C=C(C)C(=O)OCC1CC2CCC1C2.C=CC(=O)OC12CC3CC(CC(O)(C3)C1)C2.C=CC(=O)OCC(=O)OCC12CC3CC(CC(O)(C3)C1)C2. The van der Waals surface area contributed by atoms with Crippen molar-refractivity contribution in [2.45, 2.75) is 386 Å². The molecule has 6 N–H and O–H groups in total. The second kappa shape index (κ2) is 43.0. The molecule has 13 unspecified atom stereocenters. The van der Waals surface area contributed by atoms with Gasteiger partial charge in [-0.15, -0.1) is 0 Å². The summed E-state index contributed by atoms with van der Waals surface area (Å²) in [5.41, 5.74) is -1.94. The first kappa shape index (κ1) is 109. The van der Waals surface area contributed by atoms with Gasteiger partial charge in [0.25, 0.3) is 0 Å². The van der Waals surface area contributed by atoms with E-state index in [-0.39, 0.29) is 101 Å². The highest BCUT2D eigenvalue weighted by Crippen LogP contribution is 2.68. The van der Waals surface area contributed by atoms with Gasteiger partial charge in [0.1, 0.15) is 34.6 Å². The van der Waals surface area contributed by atoms with E-state index in [2.05, 4.69) is 57.4 Å². The number of carbonyl (C=O) groups is 10. The van der Waals surface area contributed by atoms with E-state index in [9.17, 15) is 73.5 Å². The van der Waals surface area contributed by atoms with Crippen molar-refractivity contribution in [1.82, 2.24) is 0 Å². The minimum absolute atomic E-state index is 0.0512. The standard InChI is InChI=1S/C17H24O5.C16H22O5.C16H24O4.C15H22O3.C14H20O3.C14H20O2.C13H18O3.C12H18O2/c1-11(2)15(19)21-8-14(18)22-10-16-4-12-3-13(5-16)7-17(20,6-12)9-16;1-2-13(17)20-8-14(18)21-10-15-4-11-3-12(5-15)7-16(19,6-11)9-15;1-11(2)14(18)20-16-8-12-5-13(9-16)7-15(6-12,10-16)19-4-3-17;1-9(2)14(16)18-8-15(17)12-4-10-3-11(6-12)7-13(15)5-10;1-9(2)12(15)17-14-6-10-3-11(7-14)5-13(16,4-10)8-14;1-9(2)13(15)16-14-6-10-3-11(7-14)5-12(4-10)8-14;1-2-11(14)16-13-6-9-3-10(7-13)5-12(15,4-9)8-13;1-8(2)12(13)14-7-11-6-9-3-4-10(11)5-9/h12-13,20H,1,3-10H2,2H3;2,11-12,19H,1,3-10H2;12-13,17H,1,3-10H2,2H3;10-13,17H,1,3-8H2,2H3;10-11,16H,1,3-8H2,2H3;10-12H,1,3-8H2,2H3;2,9-10,15H,1,3-8H2;9-11H,1,3-7H2,2H3. The van der Waals surface area contributed by atoms with Gasteiger partial charge in [-0.05, 0) is 423 Å². The van der Waals surface area contributed by atoms with Crippen LogP contribution in [-0.2, 0) is 100 Å². The Balaban J connectivity index is 0.000000118. The van der Waals surface area contributed by atoms with Gasteiger partial charge in [-0.2, -0.15) is 0 Å². The molecule has 0 radical (unpaired) electrons. The Hall–Kier alpha value is -7.66. The van der Waals surface area contributed by atoms with Gasteiger partial charge in [-0.25, -0.2) is 47.9 Å². The van der Waals surface area contributed by atoms with Gasteiger partial charge >= 0.3 is 59.7 Å². The van der Waals surface area contributed by atoms with E-state index in [0.29, 0.717) is 144 Å². The van der Waals surface area contributed by atoms with E-state index in [1.54, 1.807) is 34.6 Å². The van der Waals surface area contributed by atoms with E-state index in [0.717, 1.165) is 240 Å². The van der Waals surface area contributed by atoms with Crippen molar-refractivity contribution in [1.29, 1.82) is 0 Å². The summed E-state index contributed by atoms with van der Waals surface area (Å²) in [5, 5.41) is 62.2. The van der Waals surface area contributed by atoms with Crippen LogP contribution >= 0.6 is 0 Å². The molecule has 0 aliphatic heterocycles. The number of hydrogen-bond donors (Lipinski definition) is 6. The Labute approximate surface area is 852 Å². The highest BCUT2D eigenvalue weighted by atomic mass is 16.6. The Morgan fingerprint density at radius 3 is 0.965 bits per heavy atom. The van der Waals surface area contributed by atoms with Crippen LogP contribution in [0.4, 0.5) is 0 Å². The zero-order chi connectivity index (χ0) is 103. The third-order valence-electron chi connectivity index (χ3n) is 38.4. The second-order valence-corrected chi connectivity index (χ2v) is 52.2. The van der Waals surface area contributed by atoms with Crippen LogP contribution in [0, 0.1) is 129 Å². The van der Waals surface area contributed by atoms with Crippen LogP contribution in [0.5, 0.6) is 0 Å². The summed E-state index contributed by atoms with van der Waals surface area (Å²) in [5.74, 6) is 8.79. The van der Waals surface area contributed by atoms with Gasteiger partial charge in [-0.1, -0.05) is 59.1 Å². The summed E-state index contributed by atoms with van der Waals surface area (Å²) >= 11 is 0. The van der Waals surface area contributed by atoms with Gasteiger partial charge in [0.15, 0.2) is 13.2 Å². The normalized spacial score (nSPS) is 42.4. The van der Waals surface area contributed by atoms with Crippen molar-refractivity contribution in [3.05, 3.63) is 98.2 Å². The lowest BCUT2D eigenvalue weighted by atomic mass is 9.48. The lowest BCUT2D eigenvalue weighted by Gasteiger charge is -2.60. The molecule has 0 aromatic rings. The van der Waals surface area contributed by atoms with Crippen LogP contribution in [0.25, 0.3) is 0 Å². The first-order chi connectivity index (χ1) is 67.8. The Morgan fingerprint density at radius 1 is 0.292 bits per heavy atom. The largest absolute Gasteiger partial charge is 0.463 e. The molecule has 30 bridgehead atoms. The van der Waals surface area contributed by atoms with Crippen LogP contribution in [0.1, 0.15) is 330 Å². The highest BCUT2D eigenvalue weighted by molar-refractivity contribution is 5.90. The summed E-state index contributed by atoms with van der Waals surface area (Å²) in [6, 6.07) is 0. The van der Waals surface area contributed by atoms with Crippen LogP contribution in [0.15, 0.2) is 98.2 Å². The van der Waals surface area contributed by atoms with E-state index < -0.39 is 57.5 Å². The quantitative estimate of drug-likeness (QED) is 0.0253. The molecule has 27 nitrogen and oxygen atoms in total. The van der Waals surface area contributed by atoms with Crippen molar-refractivity contribution in [2.75, 3.05) is 52.9 Å². The van der Waals surface area contributed by atoms with Crippen LogP contribution in [0.3, 0.4) is 0 Å². The molecule has 0 amide bonds. The molecule has 13 atom stereocenters. The summed E-state index contributed by atoms with van der Waals surface area (Å²) in [6.07, 6.45) is 49.6. The monoisotopic (exact) mass is 2010 g/mol. The van der Waals surface area contributed by atoms with Crippen molar-refractivity contribution >= 4 is 59.7 Å². The lowest BCUT2D eigenvalue weighted by molar-refractivity contribution is -0.233. The molecule has 0 heterocycles. The average molecular weight is 2010 g/mol. The fourth-order valence-electron chi connectivity index (χ4n) is 36.0. The van der Waals surface area contributed by atoms with E-state index in [1.165, 1.54) is 96.5 Å². The summed E-state index contributed by atoms with van der Waals surface area (Å²) in [6.45, 7) is 39.4. The Bertz CT molecular complexity index is 4770. The molecule has 30 saturated carbocycles. The zero-order valence-electron chi connectivity index (χ0n) is 87.1. The molecule has 30 aliphatic carbocycles. The maximum atomic E-state index is 11.9. The Kier molecular flexibility index (Phi) is 32.6. The first-order valence-corrected chi connectivity index (χ1v) is 54.8. The number of rotatable bonds is 27. The predicted octanol–water partition coefficient (Wildman–Crippen LogP) is 17.7.